The van der Waals surface area contributed by atoms with Crippen LogP contribution in [-0.4, -0.2) is 39.9 Å². The Morgan fingerprint density at radius 1 is 1.12 bits per heavy atom. The number of esters is 1. The first-order valence-electron chi connectivity index (χ1n) is 8.30. The highest BCUT2D eigenvalue weighted by molar-refractivity contribution is 5.70. The van der Waals surface area contributed by atoms with Gasteiger partial charge in [0.1, 0.15) is 12.3 Å². The zero-order valence-electron chi connectivity index (χ0n) is 14.3. The van der Waals surface area contributed by atoms with Gasteiger partial charge in [0.05, 0.1) is 13.7 Å². The van der Waals surface area contributed by atoms with Crippen LogP contribution in [0.4, 0.5) is 0 Å². The van der Waals surface area contributed by atoms with Crippen LogP contribution in [0.1, 0.15) is 39.0 Å². The Hall–Kier alpha value is -2.44. The molecule has 24 heavy (non-hydrogen) atoms. The normalized spacial score (nSPS) is 10.6. The highest BCUT2D eigenvalue weighted by Gasteiger charge is 2.12. The SMILES string of the molecule is CCCCCCCOc1ccc(-c2nnnn2CC(=O)OC)cc1. The van der Waals surface area contributed by atoms with E-state index in [1.54, 1.807) is 0 Å². The third-order valence-corrected chi connectivity index (χ3v) is 3.67. The van der Waals surface area contributed by atoms with Gasteiger partial charge in [-0.2, -0.15) is 0 Å². The quantitative estimate of drug-likeness (QED) is 0.492. The van der Waals surface area contributed by atoms with Gasteiger partial charge in [-0.1, -0.05) is 32.6 Å². The summed E-state index contributed by atoms with van der Waals surface area (Å²) in [6.45, 7) is 2.91. The second-order valence-electron chi connectivity index (χ2n) is 5.52. The maximum Gasteiger partial charge on any atom is 0.327 e. The molecule has 0 spiro atoms. The van der Waals surface area contributed by atoms with Crippen LogP contribution in [0.2, 0.25) is 0 Å². The van der Waals surface area contributed by atoms with Crippen molar-refractivity contribution in [3.05, 3.63) is 24.3 Å². The first kappa shape index (κ1) is 17.9. The average molecular weight is 332 g/mol. The van der Waals surface area contributed by atoms with E-state index in [1.165, 1.54) is 37.5 Å². The van der Waals surface area contributed by atoms with Gasteiger partial charge in [-0.15, -0.1) is 5.10 Å². The summed E-state index contributed by atoms with van der Waals surface area (Å²) in [5, 5.41) is 11.4. The van der Waals surface area contributed by atoms with E-state index in [-0.39, 0.29) is 6.54 Å². The molecule has 0 amide bonds. The van der Waals surface area contributed by atoms with Gasteiger partial charge in [0.25, 0.3) is 0 Å². The molecule has 0 bridgehead atoms. The molecule has 0 saturated heterocycles. The molecule has 0 atom stereocenters. The number of hydrogen-bond donors (Lipinski definition) is 0. The molecule has 0 saturated carbocycles. The lowest BCUT2D eigenvalue weighted by molar-refractivity contribution is -0.141. The predicted molar refractivity (Wildman–Crippen MR) is 89.5 cm³/mol. The first-order valence-corrected chi connectivity index (χ1v) is 8.30. The number of hydrogen-bond acceptors (Lipinski definition) is 6. The van der Waals surface area contributed by atoms with Gasteiger partial charge in [0, 0.05) is 5.56 Å². The third-order valence-electron chi connectivity index (χ3n) is 3.67. The largest absolute Gasteiger partial charge is 0.494 e. The van der Waals surface area contributed by atoms with Gasteiger partial charge in [-0.05, 0) is 41.1 Å². The summed E-state index contributed by atoms with van der Waals surface area (Å²) in [6, 6.07) is 7.54. The zero-order valence-corrected chi connectivity index (χ0v) is 14.3. The van der Waals surface area contributed by atoms with Crippen LogP contribution in [0.15, 0.2) is 24.3 Å². The number of tetrazole rings is 1. The highest BCUT2D eigenvalue weighted by atomic mass is 16.5. The number of benzene rings is 1. The molecular formula is C17H24N4O3. The molecule has 1 heterocycles. The Morgan fingerprint density at radius 2 is 1.88 bits per heavy atom. The maximum absolute atomic E-state index is 11.4. The summed E-state index contributed by atoms with van der Waals surface area (Å²) < 4.78 is 11.8. The molecular weight excluding hydrogens is 308 g/mol. The second kappa shape index (κ2) is 9.64. The van der Waals surface area contributed by atoms with E-state index in [1.807, 2.05) is 24.3 Å². The molecule has 0 aliphatic rings. The molecule has 0 fully saturated rings. The topological polar surface area (TPSA) is 79.1 Å². The fraction of sp³-hybridized carbons (Fsp3) is 0.529. The molecule has 0 radical (unpaired) electrons. The molecule has 0 N–H and O–H groups in total. The Labute approximate surface area is 142 Å². The molecule has 130 valence electrons. The van der Waals surface area contributed by atoms with Gasteiger partial charge in [-0.3, -0.25) is 4.79 Å². The van der Waals surface area contributed by atoms with E-state index in [0.29, 0.717) is 5.82 Å². The summed E-state index contributed by atoms with van der Waals surface area (Å²) in [7, 11) is 1.33. The van der Waals surface area contributed by atoms with Gasteiger partial charge in [0.15, 0.2) is 5.82 Å². The van der Waals surface area contributed by atoms with Crippen LogP contribution in [0.25, 0.3) is 11.4 Å². The van der Waals surface area contributed by atoms with E-state index in [2.05, 4.69) is 27.2 Å². The van der Waals surface area contributed by atoms with E-state index in [0.717, 1.165) is 24.3 Å². The first-order chi connectivity index (χ1) is 11.7. The third kappa shape index (κ3) is 5.33. The van der Waals surface area contributed by atoms with Crippen LogP contribution in [0.5, 0.6) is 5.75 Å². The van der Waals surface area contributed by atoms with E-state index >= 15 is 0 Å². The van der Waals surface area contributed by atoms with E-state index in [4.69, 9.17) is 4.74 Å². The Kier molecular flexibility index (Phi) is 7.20. The molecule has 2 rings (SSSR count). The fourth-order valence-electron chi connectivity index (χ4n) is 2.30. The molecule has 0 aliphatic carbocycles. The van der Waals surface area contributed by atoms with Crippen molar-refractivity contribution in [2.75, 3.05) is 13.7 Å². The average Bonchev–Trinajstić information content (AvgIpc) is 3.06. The molecule has 0 aliphatic heterocycles. The summed E-state index contributed by atoms with van der Waals surface area (Å²) in [5.41, 5.74) is 0.819. The predicted octanol–water partition coefficient (Wildman–Crippen LogP) is 2.86. The second-order valence-corrected chi connectivity index (χ2v) is 5.52. The molecule has 1 aromatic carbocycles. The standard InChI is InChI=1S/C17H24N4O3/c1-3-4-5-6-7-12-24-15-10-8-14(9-11-15)17-18-19-20-21(17)13-16(22)23-2/h8-11H,3-7,12-13H2,1-2H3. The number of unbranched alkanes of at least 4 members (excludes halogenated alkanes) is 4. The van der Waals surface area contributed by atoms with Crippen molar-refractivity contribution in [3.8, 4) is 17.1 Å². The minimum atomic E-state index is -0.397. The molecule has 7 heteroatoms. The lowest BCUT2D eigenvalue weighted by Crippen LogP contribution is -2.14. The number of rotatable bonds is 10. The molecule has 1 aromatic heterocycles. The van der Waals surface area contributed by atoms with Crippen molar-refractivity contribution < 1.29 is 14.3 Å². The van der Waals surface area contributed by atoms with Crippen molar-refractivity contribution in [2.45, 2.75) is 45.6 Å². The Morgan fingerprint density at radius 3 is 2.58 bits per heavy atom. The van der Waals surface area contributed by atoms with E-state index in [9.17, 15) is 4.79 Å². The van der Waals surface area contributed by atoms with Gasteiger partial charge in [0.2, 0.25) is 0 Å². The number of methoxy groups -OCH3 is 1. The molecule has 0 unspecified atom stereocenters. The van der Waals surface area contributed by atoms with Crippen LogP contribution in [-0.2, 0) is 16.1 Å². The van der Waals surface area contributed by atoms with Crippen LogP contribution in [0.3, 0.4) is 0 Å². The zero-order chi connectivity index (χ0) is 17.2. The number of carbonyl (C=O) groups excluding carboxylic acids is 1. The summed E-state index contributed by atoms with van der Waals surface area (Å²) in [5.74, 6) is 0.944. The van der Waals surface area contributed by atoms with Crippen molar-refractivity contribution in [1.82, 2.24) is 20.2 Å². The number of carbonyl (C=O) groups is 1. The summed E-state index contributed by atoms with van der Waals surface area (Å²) in [6.07, 6.45) is 6.07. The Bertz CT molecular complexity index is 625. The lowest BCUT2D eigenvalue weighted by Gasteiger charge is -2.07. The monoisotopic (exact) mass is 332 g/mol. The highest BCUT2D eigenvalue weighted by Crippen LogP contribution is 2.20. The number of nitrogens with zero attached hydrogens (tertiary/aromatic N) is 4. The molecule has 2 aromatic rings. The fourth-order valence-corrected chi connectivity index (χ4v) is 2.30. The minimum Gasteiger partial charge on any atom is -0.494 e. The van der Waals surface area contributed by atoms with Gasteiger partial charge < -0.3 is 9.47 Å². The molecule has 7 nitrogen and oxygen atoms in total. The maximum atomic E-state index is 11.4. The van der Waals surface area contributed by atoms with Crippen molar-refractivity contribution >= 4 is 5.97 Å². The van der Waals surface area contributed by atoms with E-state index < -0.39 is 5.97 Å². The van der Waals surface area contributed by atoms with Crippen molar-refractivity contribution in [1.29, 1.82) is 0 Å². The van der Waals surface area contributed by atoms with Crippen LogP contribution >= 0.6 is 0 Å². The number of ether oxygens (including phenoxy) is 2. The Balaban J connectivity index is 1.88. The van der Waals surface area contributed by atoms with Gasteiger partial charge in [-0.25, -0.2) is 4.68 Å². The van der Waals surface area contributed by atoms with Crippen molar-refractivity contribution in [3.63, 3.8) is 0 Å². The minimum absolute atomic E-state index is 0.0190. The number of aromatic nitrogens is 4. The lowest BCUT2D eigenvalue weighted by atomic mass is 10.2. The van der Waals surface area contributed by atoms with Crippen molar-refractivity contribution in [2.24, 2.45) is 0 Å². The summed E-state index contributed by atoms with van der Waals surface area (Å²) in [4.78, 5) is 11.4. The smallest absolute Gasteiger partial charge is 0.327 e. The van der Waals surface area contributed by atoms with Crippen LogP contribution in [0, 0.1) is 0 Å². The summed E-state index contributed by atoms with van der Waals surface area (Å²) >= 11 is 0. The van der Waals surface area contributed by atoms with Gasteiger partial charge >= 0.3 is 5.97 Å². The van der Waals surface area contributed by atoms with Crippen LogP contribution < -0.4 is 4.74 Å².